The van der Waals surface area contributed by atoms with Crippen molar-refractivity contribution in [3.63, 3.8) is 0 Å². The molecule has 2 N–H and O–H groups in total. The third-order valence-electron chi connectivity index (χ3n) is 3.34. The van der Waals surface area contributed by atoms with Gasteiger partial charge in [0.2, 0.25) is 0 Å². The molecule has 1 amide bonds. The predicted octanol–water partition coefficient (Wildman–Crippen LogP) is 2.58. The highest BCUT2D eigenvalue weighted by molar-refractivity contribution is 5.95. The van der Waals surface area contributed by atoms with E-state index in [0.717, 1.165) is 17.5 Å². The van der Waals surface area contributed by atoms with Gasteiger partial charge in [0.1, 0.15) is 0 Å². The molecular weight excluding hydrogens is 226 g/mol. The van der Waals surface area contributed by atoms with E-state index in [1.54, 1.807) is 0 Å². The van der Waals surface area contributed by atoms with E-state index in [9.17, 15) is 4.79 Å². The number of aryl methyl sites for hydroxylation is 2. The first kappa shape index (κ1) is 14.7. The van der Waals surface area contributed by atoms with E-state index in [1.807, 2.05) is 45.9 Å². The average molecular weight is 249 g/mol. The van der Waals surface area contributed by atoms with E-state index < -0.39 is 0 Å². The molecule has 3 nitrogen and oxygen atoms in total. The van der Waals surface area contributed by atoms with Gasteiger partial charge in [0.15, 0.2) is 0 Å². The summed E-state index contributed by atoms with van der Waals surface area (Å²) in [6, 6.07) is 5.82. The van der Waals surface area contributed by atoms with E-state index in [0.29, 0.717) is 12.0 Å². The number of hydrogen-bond acceptors (Lipinski definition) is 2. The quantitative estimate of drug-likeness (QED) is 0.842. The maximum absolute atomic E-state index is 12.2. The van der Waals surface area contributed by atoms with Crippen molar-refractivity contribution in [1.29, 1.82) is 0 Å². The lowest BCUT2D eigenvalue weighted by atomic mass is 9.94. The standard InChI is InChI=1S/C15H23NO2/c1-5-15(4,6-7-17)16-14(18)13-9-11(2)8-12(3)10-13/h8-10,17H,5-7H2,1-4H3,(H,16,18). The van der Waals surface area contributed by atoms with Gasteiger partial charge < -0.3 is 10.4 Å². The van der Waals surface area contributed by atoms with Crippen LogP contribution < -0.4 is 5.32 Å². The van der Waals surface area contributed by atoms with Crippen LogP contribution in [-0.4, -0.2) is 23.2 Å². The second-order valence-electron chi connectivity index (χ2n) is 5.22. The number of aliphatic hydroxyl groups excluding tert-OH is 1. The monoisotopic (exact) mass is 249 g/mol. The Bertz CT molecular complexity index is 408. The highest BCUT2D eigenvalue weighted by atomic mass is 16.3. The molecule has 0 aromatic heterocycles. The van der Waals surface area contributed by atoms with Gasteiger partial charge in [-0.15, -0.1) is 0 Å². The van der Waals surface area contributed by atoms with Gasteiger partial charge in [-0.2, -0.15) is 0 Å². The first-order valence-electron chi connectivity index (χ1n) is 6.42. The van der Waals surface area contributed by atoms with Gasteiger partial charge in [0, 0.05) is 17.7 Å². The molecule has 0 saturated heterocycles. The number of carbonyl (C=O) groups is 1. The molecule has 1 aromatic rings. The van der Waals surface area contributed by atoms with Crippen LogP contribution in [0.4, 0.5) is 0 Å². The summed E-state index contributed by atoms with van der Waals surface area (Å²) in [5, 5.41) is 12.1. The van der Waals surface area contributed by atoms with Crippen LogP contribution in [0.25, 0.3) is 0 Å². The molecule has 0 heterocycles. The van der Waals surface area contributed by atoms with Crippen molar-refractivity contribution in [1.82, 2.24) is 5.32 Å². The molecule has 0 bridgehead atoms. The molecule has 1 rings (SSSR count). The Labute approximate surface area is 109 Å². The molecule has 3 heteroatoms. The van der Waals surface area contributed by atoms with Gasteiger partial charge in [0.05, 0.1) is 0 Å². The summed E-state index contributed by atoms with van der Waals surface area (Å²) in [5.41, 5.74) is 2.51. The molecule has 0 aliphatic carbocycles. The number of nitrogens with one attached hydrogen (secondary N) is 1. The van der Waals surface area contributed by atoms with Gasteiger partial charge in [0.25, 0.3) is 5.91 Å². The van der Waals surface area contributed by atoms with Crippen molar-refractivity contribution < 1.29 is 9.90 Å². The molecule has 0 aliphatic heterocycles. The summed E-state index contributed by atoms with van der Waals surface area (Å²) in [5.74, 6) is -0.0698. The lowest BCUT2D eigenvalue weighted by Gasteiger charge is -2.29. The zero-order valence-electron chi connectivity index (χ0n) is 11.7. The lowest BCUT2D eigenvalue weighted by Crippen LogP contribution is -2.46. The van der Waals surface area contributed by atoms with Crippen molar-refractivity contribution >= 4 is 5.91 Å². The zero-order chi connectivity index (χ0) is 13.8. The Hall–Kier alpha value is -1.35. The van der Waals surface area contributed by atoms with Crippen LogP contribution in [0.15, 0.2) is 18.2 Å². The molecule has 100 valence electrons. The summed E-state index contributed by atoms with van der Waals surface area (Å²) in [7, 11) is 0. The van der Waals surface area contributed by atoms with Crippen LogP contribution in [0, 0.1) is 13.8 Å². The second-order valence-corrected chi connectivity index (χ2v) is 5.22. The second kappa shape index (κ2) is 6.01. The van der Waals surface area contributed by atoms with Crippen LogP contribution in [0.2, 0.25) is 0 Å². The fraction of sp³-hybridized carbons (Fsp3) is 0.533. The molecule has 1 atom stereocenters. The topological polar surface area (TPSA) is 49.3 Å². The van der Waals surface area contributed by atoms with Crippen LogP contribution in [0.3, 0.4) is 0 Å². The number of benzene rings is 1. The summed E-state index contributed by atoms with van der Waals surface area (Å²) < 4.78 is 0. The molecular formula is C15H23NO2. The van der Waals surface area contributed by atoms with Crippen molar-refractivity contribution in [2.75, 3.05) is 6.61 Å². The molecule has 0 saturated carbocycles. The van der Waals surface area contributed by atoms with E-state index >= 15 is 0 Å². The third kappa shape index (κ3) is 3.84. The Morgan fingerprint density at radius 3 is 2.28 bits per heavy atom. The van der Waals surface area contributed by atoms with Crippen LogP contribution in [0.1, 0.15) is 48.2 Å². The Kier molecular flexibility index (Phi) is 4.91. The van der Waals surface area contributed by atoms with Crippen molar-refractivity contribution in [3.05, 3.63) is 34.9 Å². The molecule has 18 heavy (non-hydrogen) atoms. The van der Waals surface area contributed by atoms with E-state index in [4.69, 9.17) is 5.11 Å². The minimum atomic E-state index is -0.344. The fourth-order valence-corrected chi connectivity index (χ4v) is 2.03. The molecule has 1 unspecified atom stereocenters. The number of carbonyl (C=O) groups excluding carboxylic acids is 1. The largest absolute Gasteiger partial charge is 0.396 e. The number of rotatable bonds is 5. The van der Waals surface area contributed by atoms with Crippen LogP contribution >= 0.6 is 0 Å². The van der Waals surface area contributed by atoms with E-state index in [2.05, 4.69) is 5.32 Å². The zero-order valence-corrected chi connectivity index (χ0v) is 11.7. The summed E-state index contributed by atoms with van der Waals surface area (Å²) in [6.45, 7) is 8.02. The van der Waals surface area contributed by atoms with Gasteiger partial charge in [-0.1, -0.05) is 24.1 Å². The number of hydrogen-bond donors (Lipinski definition) is 2. The molecule has 1 aromatic carbocycles. The minimum absolute atomic E-state index is 0.0698. The maximum atomic E-state index is 12.2. The van der Waals surface area contributed by atoms with Crippen molar-refractivity contribution in [2.24, 2.45) is 0 Å². The number of aliphatic hydroxyl groups is 1. The molecule has 0 aliphatic rings. The van der Waals surface area contributed by atoms with E-state index in [-0.39, 0.29) is 18.1 Å². The van der Waals surface area contributed by atoms with Crippen molar-refractivity contribution in [2.45, 2.75) is 46.1 Å². The molecule has 0 fully saturated rings. The summed E-state index contributed by atoms with van der Waals surface area (Å²) >= 11 is 0. The predicted molar refractivity (Wildman–Crippen MR) is 73.8 cm³/mol. The normalized spacial score (nSPS) is 14.1. The molecule has 0 radical (unpaired) electrons. The Morgan fingerprint density at radius 2 is 1.83 bits per heavy atom. The smallest absolute Gasteiger partial charge is 0.251 e. The maximum Gasteiger partial charge on any atom is 0.251 e. The van der Waals surface area contributed by atoms with Crippen LogP contribution in [-0.2, 0) is 0 Å². The first-order valence-corrected chi connectivity index (χ1v) is 6.42. The highest BCUT2D eigenvalue weighted by Crippen LogP contribution is 2.16. The average Bonchev–Trinajstić information content (AvgIpc) is 2.28. The van der Waals surface area contributed by atoms with Gasteiger partial charge in [-0.25, -0.2) is 0 Å². The minimum Gasteiger partial charge on any atom is -0.396 e. The van der Waals surface area contributed by atoms with E-state index in [1.165, 1.54) is 0 Å². The van der Waals surface area contributed by atoms with Crippen molar-refractivity contribution in [3.8, 4) is 0 Å². The number of amides is 1. The fourth-order valence-electron chi connectivity index (χ4n) is 2.03. The Morgan fingerprint density at radius 1 is 1.28 bits per heavy atom. The lowest BCUT2D eigenvalue weighted by molar-refractivity contribution is 0.0886. The highest BCUT2D eigenvalue weighted by Gasteiger charge is 2.24. The summed E-state index contributed by atoms with van der Waals surface area (Å²) in [4.78, 5) is 12.2. The molecule has 0 spiro atoms. The van der Waals surface area contributed by atoms with Crippen LogP contribution in [0.5, 0.6) is 0 Å². The Balaban J connectivity index is 2.87. The van der Waals surface area contributed by atoms with Gasteiger partial charge in [-0.05, 0) is 45.7 Å². The first-order chi connectivity index (χ1) is 8.40. The summed E-state index contributed by atoms with van der Waals surface area (Å²) in [6.07, 6.45) is 1.37. The SMILES string of the molecule is CCC(C)(CCO)NC(=O)c1cc(C)cc(C)c1. The third-order valence-corrected chi connectivity index (χ3v) is 3.34. The van der Waals surface area contributed by atoms with Gasteiger partial charge >= 0.3 is 0 Å². The van der Waals surface area contributed by atoms with Gasteiger partial charge in [-0.3, -0.25) is 4.79 Å².